The number of hydrogen-bond donors (Lipinski definition) is 2. The summed E-state index contributed by atoms with van der Waals surface area (Å²) in [6.07, 6.45) is -3.03. The van der Waals surface area contributed by atoms with Crippen LogP contribution in [0.3, 0.4) is 0 Å². The van der Waals surface area contributed by atoms with Gasteiger partial charge in [-0.2, -0.15) is 18.3 Å². The van der Waals surface area contributed by atoms with Crippen molar-refractivity contribution in [1.82, 2.24) is 14.8 Å². The molecule has 5 aromatic rings. The molecule has 0 fully saturated rings. The lowest BCUT2D eigenvalue weighted by atomic mass is 9.87. The van der Waals surface area contributed by atoms with E-state index in [1.165, 1.54) is 16.9 Å². The van der Waals surface area contributed by atoms with E-state index in [1.807, 2.05) is 42.5 Å². The average Bonchev–Trinajstić information content (AvgIpc) is 3.50. The monoisotopic (exact) mass is 550 g/mol. The second-order valence-corrected chi connectivity index (χ2v) is 10.7. The Bertz CT molecular complexity index is 1660. The van der Waals surface area contributed by atoms with Crippen LogP contribution in [-0.2, 0) is 18.8 Å². The minimum atomic E-state index is -4.53. The molecule has 0 aliphatic carbocycles. The predicted molar refractivity (Wildman–Crippen MR) is 145 cm³/mol. The van der Waals surface area contributed by atoms with Crippen LogP contribution in [0.4, 0.5) is 18.2 Å². The average molecular weight is 551 g/mol. The molecule has 2 aromatic heterocycles. The van der Waals surface area contributed by atoms with Gasteiger partial charge in [0.25, 0.3) is 5.91 Å². The summed E-state index contributed by atoms with van der Waals surface area (Å²) in [5.74, 6) is -1.15. The molecule has 0 saturated heterocycles. The third-order valence-corrected chi connectivity index (χ3v) is 7.47. The maximum atomic E-state index is 13.7. The molecule has 0 aliphatic heterocycles. The van der Waals surface area contributed by atoms with Crippen molar-refractivity contribution in [3.63, 3.8) is 0 Å². The summed E-state index contributed by atoms with van der Waals surface area (Å²) in [6, 6.07) is 20.0. The number of anilines is 1. The molecule has 1 atom stereocenters. The summed E-state index contributed by atoms with van der Waals surface area (Å²) in [4.78, 5) is 17.8. The maximum Gasteiger partial charge on any atom is 0.416 e. The van der Waals surface area contributed by atoms with Crippen molar-refractivity contribution in [3.8, 4) is 0 Å². The highest BCUT2D eigenvalue weighted by molar-refractivity contribution is 7.16. The molecule has 0 aliphatic rings. The quantitative estimate of drug-likeness (QED) is 0.246. The number of amides is 1. The minimum Gasteiger partial charge on any atom is -0.384 e. The van der Waals surface area contributed by atoms with Gasteiger partial charge in [-0.3, -0.25) is 9.48 Å². The van der Waals surface area contributed by atoms with Crippen LogP contribution >= 0.6 is 11.3 Å². The van der Waals surface area contributed by atoms with Gasteiger partial charge in [0, 0.05) is 13.2 Å². The van der Waals surface area contributed by atoms with Crippen molar-refractivity contribution in [2.75, 3.05) is 5.32 Å². The van der Waals surface area contributed by atoms with Gasteiger partial charge in [0.2, 0.25) is 0 Å². The second kappa shape index (κ2) is 9.94. The van der Waals surface area contributed by atoms with Crippen LogP contribution in [0.1, 0.15) is 57.6 Å². The van der Waals surface area contributed by atoms with Crippen molar-refractivity contribution >= 4 is 33.0 Å². The van der Waals surface area contributed by atoms with Gasteiger partial charge in [-0.1, -0.05) is 72.0 Å². The minimum absolute atomic E-state index is 0.218. The van der Waals surface area contributed by atoms with Crippen LogP contribution in [-0.4, -0.2) is 25.8 Å². The zero-order chi connectivity index (χ0) is 27.9. The van der Waals surface area contributed by atoms with E-state index >= 15 is 0 Å². The van der Waals surface area contributed by atoms with E-state index in [-0.39, 0.29) is 5.69 Å². The molecule has 200 valence electrons. The van der Waals surface area contributed by atoms with Gasteiger partial charge in [0.05, 0.1) is 11.5 Å². The topological polar surface area (TPSA) is 80.0 Å². The molecule has 1 unspecified atom stereocenters. The number of aromatic nitrogens is 3. The molecule has 39 heavy (non-hydrogen) atoms. The SMILES string of the molecule is Cn1nccc1C(=O)Nc1sc(C(c2cccc(C(F)(F)F)c2)c2cccc3ccccc23)nc1C(C)(C)O. The number of carbonyl (C=O) groups is 1. The van der Waals surface area contributed by atoms with E-state index in [4.69, 9.17) is 4.98 Å². The first-order valence-corrected chi connectivity index (χ1v) is 12.9. The Hall–Kier alpha value is -4.02. The zero-order valence-electron chi connectivity index (χ0n) is 21.3. The molecule has 1 amide bonds. The van der Waals surface area contributed by atoms with Gasteiger partial charge in [-0.25, -0.2) is 4.98 Å². The number of nitrogens with zero attached hydrogens (tertiary/aromatic N) is 3. The normalized spacial score (nSPS) is 13.0. The number of carbonyl (C=O) groups excluding carboxylic acids is 1. The molecule has 0 spiro atoms. The number of fused-ring (bicyclic) bond motifs is 1. The van der Waals surface area contributed by atoms with Crippen LogP contribution < -0.4 is 5.32 Å². The van der Waals surface area contributed by atoms with Crippen LogP contribution in [0.25, 0.3) is 10.8 Å². The van der Waals surface area contributed by atoms with Gasteiger partial charge < -0.3 is 10.4 Å². The summed E-state index contributed by atoms with van der Waals surface area (Å²) < 4.78 is 42.6. The Labute approximate surface area is 226 Å². The number of hydrogen-bond acceptors (Lipinski definition) is 5. The lowest BCUT2D eigenvalue weighted by Crippen LogP contribution is -2.21. The summed E-state index contributed by atoms with van der Waals surface area (Å²) in [5, 5.41) is 20.3. The Morgan fingerprint density at radius 3 is 2.44 bits per heavy atom. The van der Waals surface area contributed by atoms with Crippen molar-refractivity contribution in [1.29, 1.82) is 0 Å². The summed E-state index contributed by atoms with van der Waals surface area (Å²) in [7, 11) is 1.63. The molecular formula is C29H25F3N4O2S. The highest BCUT2D eigenvalue weighted by atomic mass is 32.1. The van der Waals surface area contributed by atoms with Crippen LogP contribution in [0.15, 0.2) is 79.0 Å². The second-order valence-electron chi connectivity index (χ2n) is 9.71. The molecule has 2 N–H and O–H groups in total. The number of rotatable bonds is 6. The van der Waals surface area contributed by atoms with Gasteiger partial charge in [-0.15, -0.1) is 0 Å². The highest BCUT2D eigenvalue weighted by Gasteiger charge is 2.34. The zero-order valence-corrected chi connectivity index (χ0v) is 22.1. The molecule has 10 heteroatoms. The van der Waals surface area contributed by atoms with E-state index in [9.17, 15) is 23.1 Å². The number of nitrogens with one attached hydrogen (secondary N) is 1. The van der Waals surface area contributed by atoms with Gasteiger partial charge in [0.15, 0.2) is 0 Å². The Kier molecular flexibility index (Phi) is 6.77. The van der Waals surface area contributed by atoms with Crippen LogP contribution in [0, 0.1) is 0 Å². The van der Waals surface area contributed by atoms with Gasteiger partial charge >= 0.3 is 6.18 Å². The molecule has 0 bridgehead atoms. The van der Waals surface area contributed by atoms with Crippen molar-refractivity contribution in [3.05, 3.63) is 112 Å². The third-order valence-electron chi connectivity index (χ3n) is 6.43. The van der Waals surface area contributed by atoms with E-state index in [0.717, 1.165) is 39.8 Å². The molecule has 0 radical (unpaired) electrons. The van der Waals surface area contributed by atoms with Crippen LogP contribution in [0.5, 0.6) is 0 Å². The standard InChI is InChI=1S/C29H25F3N4O2S/c1-28(2,38)24-27(35-25(37)22-14-15-33-36(22)3)39-26(34-24)23(18-10-6-11-19(16-18)29(30,31)32)21-13-7-9-17-8-4-5-12-20(17)21/h4-16,23,38H,1-3H3,(H,35,37). The summed E-state index contributed by atoms with van der Waals surface area (Å²) in [6.45, 7) is 3.09. The summed E-state index contributed by atoms with van der Waals surface area (Å²) in [5.41, 5.74) is -0.546. The molecule has 5 rings (SSSR count). The van der Waals surface area contributed by atoms with Crippen LogP contribution in [0.2, 0.25) is 0 Å². The highest BCUT2D eigenvalue weighted by Crippen LogP contribution is 2.43. The fourth-order valence-electron chi connectivity index (χ4n) is 4.58. The summed E-state index contributed by atoms with van der Waals surface area (Å²) >= 11 is 1.12. The number of aliphatic hydroxyl groups is 1. The Morgan fingerprint density at radius 2 is 1.74 bits per heavy atom. The third kappa shape index (κ3) is 5.30. The number of aryl methyl sites for hydroxylation is 1. The van der Waals surface area contributed by atoms with E-state index < -0.39 is 29.2 Å². The smallest absolute Gasteiger partial charge is 0.384 e. The predicted octanol–water partition coefficient (Wildman–Crippen LogP) is 6.71. The first-order valence-electron chi connectivity index (χ1n) is 12.1. The lowest BCUT2D eigenvalue weighted by Gasteiger charge is -2.20. The molecule has 6 nitrogen and oxygen atoms in total. The molecule has 2 heterocycles. The fraction of sp³-hybridized carbons (Fsp3) is 0.207. The Morgan fingerprint density at radius 1 is 1.03 bits per heavy atom. The van der Waals surface area contributed by atoms with Crippen molar-refractivity contribution in [2.24, 2.45) is 7.05 Å². The first kappa shape index (κ1) is 26.6. The maximum absolute atomic E-state index is 13.7. The number of halogens is 3. The largest absolute Gasteiger partial charge is 0.416 e. The van der Waals surface area contributed by atoms with Gasteiger partial charge in [0.1, 0.15) is 27.0 Å². The fourth-order valence-corrected chi connectivity index (χ4v) is 5.84. The number of benzene rings is 3. The first-order chi connectivity index (χ1) is 18.4. The molecular weight excluding hydrogens is 525 g/mol. The van der Waals surface area contributed by atoms with E-state index in [2.05, 4.69) is 10.4 Å². The van der Waals surface area contributed by atoms with Gasteiger partial charge in [-0.05, 0) is 47.9 Å². The molecule has 0 saturated carbocycles. The van der Waals surface area contributed by atoms with E-state index in [0.29, 0.717) is 21.3 Å². The van der Waals surface area contributed by atoms with Crippen molar-refractivity contribution in [2.45, 2.75) is 31.5 Å². The number of alkyl halides is 3. The number of thiazole rings is 1. The van der Waals surface area contributed by atoms with E-state index in [1.54, 1.807) is 33.0 Å². The lowest BCUT2D eigenvalue weighted by molar-refractivity contribution is -0.137. The van der Waals surface area contributed by atoms with Crippen molar-refractivity contribution < 1.29 is 23.1 Å². The Balaban J connectivity index is 1.71. The molecule has 3 aromatic carbocycles.